The fourth-order valence-electron chi connectivity index (χ4n) is 2.06. The van der Waals surface area contributed by atoms with Crippen molar-refractivity contribution in [3.05, 3.63) is 63.1 Å². The van der Waals surface area contributed by atoms with E-state index in [1.165, 1.54) is 0 Å². The molecule has 2 nitrogen and oxygen atoms in total. The van der Waals surface area contributed by atoms with Crippen molar-refractivity contribution in [3.63, 3.8) is 0 Å². The maximum absolute atomic E-state index is 6.22. The van der Waals surface area contributed by atoms with Crippen LogP contribution in [0.1, 0.15) is 24.1 Å². The highest BCUT2D eigenvalue weighted by atomic mass is 79.9. The molecule has 0 heterocycles. The van der Waals surface area contributed by atoms with Crippen molar-refractivity contribution in [2.24, 2.45) is 0 Å². The minimum absolute atomic E-state index is 0.186. The van der Waals surface area contributed by atoms with Gasteiger partial charge in [0.25, 0.3) is 0 Å². The predicted octanol–water partition coefficient (Wildman–Crippen LogP) is 4.96. The summed E-state index contributed by atoms with van der Waals surface area (Å²) in [5.74, 6) is 0.898. The first-order valence-corrected chi connectivity index (χ1v) is 7.59. The van der Waals surface area contributed by atoms with E-state index in [2.05, 4.69) is 34.2 Å². The molecule has 0 aliphatic rings. The van der Waals surface area contributed by atoms with Crippen LogP contribution in [-0.2, 0) is 6.54 Å². The van der Waals surface area contributed by atoms with Crippen LogP contribution in [0.2, 0.25) is 5.02 Å². The standard InChI is InChI=1S/C16H17BrClNO/c1-11(14-5-3-4-6-16(14)20-2)19-10-12-7-8-13(17)9-15(12)18/h3-9,11,19H,10H2,1-2H3. The van der Waals surface area contributed by atoms with E-state index in [9.17, 15) is 0 Å². The maximum atomic E-state index is 6.22. The Labute approximate surface area is 133 Å². The zero-order valence-electron chi connectivity index (χ0n) is 11.5. The number of methoxy groups -OCH3 is 1. The number of halogens is 2. The Bertz CT molecular complexity index is 588. The molecule has 2 aromatic rings. The van der Waals surface area contributed by atoms with Gasteiger partial charge in [-0.1, -0.05) is 51.8 Å². The summed E-state index contributed by atoms with van der Waals surface area (Å²) in [6.07, 6.45) is 0. The lowest BCUT2D eigenvalue weighted by molar-refractivity contribution is 0.401. The van der Waals surface area contributed by atoms with Gasteiger partial charge in [0, 0.05) is 27.6 Å². The summed E-state index contributed by atoms with van der Waals surface area (Å²) in [5, 5.41) is 4.23. The second-order valence-corrected chi connectivity index (χ2v) is 5.90. The molecule has 1 unspecified atom stereocenters. The smallest absolute Gasteiger partial charge is 0.123 e. The molecule has 0 bridgehead atoms. The van der Waals surface area contributed by atoms with Crippen LogP contribution in [0.5, 0.6) is 5.75 Å². The second kappa shape index (κ2) is 7.11. The number of hydrogen-bond donors (Lipinski definition) is 1. The van der Waals surface area contributed by atoms with Crippen LogP contribution in [0.15, 0.2) is 46.9 Å². The number of ether oxygens (including phenoxy) is 1. The zero-order chi connectivity index (χ0) is 14.5. The molecule has 20 heavy (non-hydrogen) atoms. The zero-order valence-corrected chi connectivity index (χ0v) is 13.8. The molecule has 0 saturated heterocycles. The van der Waals surface area contributed by atoms with Gasteiger partial charge in [0.05, 0.1) is 7.11 Å². The van der Waals surface area contributed by atoms with E-state index in [1.54, 1.807) is 7.11 Å². The summed E-state index contributed by atoms with van der Waals surface area (Å²) in [4.78, 5) is 0. The van der Waals surface area contributed by atoms with Crippen molar-refractivity contribution < 1.29 is 4.74 Å². The molecule has 1 N–H and O–H groups in total. The van der Waals surface area contributed by atoms with E-state index < -0.39 is 0 Å². The lowest BCUT2D eigenvalue weighted by Gasteiger charge is -2.17. The van der Waals surface area contributed by atoms with E-state index in [0.717, 1.165) is 26.4 Å². The molecule has 2 rings (SSSR count). The van der Waals surface area contributed by atoms with Crippen molar-refractivity contribution in [1.29, 1.82) is 0 Å². The lowest BCUT2D eigenvalue weighted by Crippen LogP contribution is -2.18. The molecule has 2 aromatic carbocycles. The lowest BCUT2D eigenvalue weighted by atomic mass is 10.1. The topological polar surface area (TPSA) is 21.3 Å². The third-order valence-electron chi connectivity index (χ3n) is 3.22. The van der Waals surface area contributed by atoms with E-state index in [1.807, 2.05) is 36.4 Å². The fourth-order valence-corrected chi connectivity index (χ4v) is 2.80. The number of benzene rings is 2. The third-order valence-corrected chi connectivity index (χ3v) is 4.06. The SMILES string of the molecule is COc1ccccc1C(C)NCc1ccc(Br)cc1Cl. The maximum Gasteiger partial charge on any atom is 0.123 e. The summed E-state index contributed by atoms with van der Waals surface area (Å²) in [5.41, 5.74) is 2.22. The predicted molar refractivity (Wildman–Crippen MR) is 87.4 cm³/mol. The van der Waals surface area contributed by atoms with E-state index in [-0.39, 0.29) is 6.04 Å². The summed E-state index contributed by atoms with van der Waals surface area (Å²) in [6.45, 7) is 2.83. The first-order chi connectivity index (χ1) is 9.61. The van der Waals surface area contributed by atoms with Gasteiger partial charge in [0.15, 0.2) is 0 Å². The van der Waals surface area contributed by atoms with Crippen LogP contribution in [0.25, 0.3) is 0 Å². The average molecular weight is 355 g/mol. The van der Waals surface area contributed by atoms with Crippen molar-refractivity contribution in [2.75, 3.05) is 7.11 Å². The molecule has 0 radical (unpaired) electrons. The minimum atomic E-state index is 0.186. The Morgan fingerprint density at radius 2 is 2.00 bits per heavy atom. The molecule has 0 fully saturated rings. The Balaban J connectivity index is 2.06. The molecule has 4 heteroatoms. The summed E-state index contributed by atoms with van der Waals surface area (Å²) in [6, 6.07) is 14.1. The molecule has 0 amide bonds. The van der Waals surface area contributed by atoms with Crippen LogP contribution >= 0.6 is 27.5 Å². The molecule has 0 aliphatic carbocycles. The molecule has 0 saturated carbocycles. The van der Waals surface area contributed by atoms with Crippen molar-refractivity contribution in [2.45, 2.75) is 19.5 Å². The van der Waals surface area contributed by atoms with Crippen LogP contribution in [-0.4, -0.2) is 7.11 Å². The molecule has 1 atom stereocenters. The van der Waals surface area contributed by atoms with Crippen LogP contribution in [0.3, 0.4) is 0 Å². The van der Waals surface area contributed by atoms with Gasteiger partial charge < -0.3 is 10.1 Å². The highest BCUT2D eigenvalue weighted by Crippen LogP contribution is 2.26. The van der Waals surface area contributed by atoms with Gasteiger partial charge in [-0.05, 0) is 30.7 Å². The second-order valence-electron chi connectivity index (χ2n) is 4.58. The van der Waals surface area contributed by atoms with Crippen molar-refractivity contribution >= 4 is 27.5 Å². The van der Waals surface area contributed by atoms with Crippen LogP contribution in [0.4, 0.5) is 0 Å². The van der Waals surface area contributed by atoms with E-state index >= 15 is 0 Å². The number of nitrogens with one attached hydrogen (secondary N) is 1. The van der Waals surface area contributed by atoms with Gasteiger partial charge in [-0.2, -0.15) is 0 Å². The van der Waals surface area contributed by atoms with Gasteiger partial charge in [-0.3, -0.25) is 0 Å². The summed E-state index contributed by atoms with van der Waals surface area (Å²) >= 11 is 9.63. The summed E-state index contributed by atoms with van der Waals surface area (Å²) < 4.78 is 6.38. The summed E-state index contributed by atoms with van der Waals surface area (Å²) in [7, 11) is 1.69. The van der Waals surface area contributed by atoms with Gasteiger partial charge in [0.1, 0.15) is 5.75 Å². The molecule has 0 aliphatic heterocycles. The first kappa shape index (κ1) is 15.4. The van der Waals surface area contributed by atoms with E-state index in [4.69, 9.17) is 16.3 Å². The Morgan fingerprint density at radius 3 is 2.70 bits per heavy atom. The van der Waals surface area contributed by atoms with Gasteiger partial charge in [0.2, 0.25) is 0 Å². The Morgan fingerprint density at radius 1 is 1.25 bits per heavy atom. The molecule has 106 valence electrons. The number of rotatable bonds is 5. The van der Waals surface area contributed by atoms with Gasteiger partial charge in [-0.15, -0.1) is 0 Å². The van der Waals surface area contributed by atoms with Crippen molar-refractivity contribution in [1.82, 2.24) is 5.32 Å². The highest BCUT2D eigenvalue weighted by Gasteiger charge is 2.11. The van der Waals surface area contributed by atoms with Crippen LogP contribution < -0.4 is 10.1 Å². The molecular weight excluding hydrogens is 338 g/mol. The van der Waals surface area contributed by atoms with E-state index in [0.29, 0.717) is 6.54 Å². The molecular formula is C16H17BrClNO. The highest BCUT2D eigenvalue weighted by molar-refractivity contribution is 9.10. The van der Waals surface area contributed by atoms with Crippen LogP contribution in [0, 0.1) is 0 Å². The molecule has 0 aromatic heterocycles. The largest absolute Gasteiger partial charge is 0.496 e. The van der Waals surface area contributed by atoms with Gasteiger partial charge >= 0.3 is 0 Å². The normalized spacial score (nSPS) is 12.2. The Hall–Kier alpha value is -1.03. The third kappa shape index (κ3) is 3.75. The fraction of sp³-hybridized carbons (Fsp3) is 0.250. The molecule has 0 spiro atoms. The first-order valence-electron chi connectivity index (χ1n) is 6.42. The Kier molecular flexibility index (Phi) is 5.46. The monoisotopic (exact) mass is 353 g/mol. The quantitative estimate of drug-likeness (QED) is 0.819. The van der Waals surface area contributed by atoms with Gasteiger partial charge in [-0.25, -0.2) is 0 Å². The average Bonchev–Trinajstić information content (AvgIpc) is 2.46. The number of para-hydroxylation sites is 1. The minimum Gasteiger partial charge on any atom is -0.496 e. The van der Waals surface area contributed by atoms with Crippen molar-refractivity contribution in [3.8, 4) is 5.75 Å². The number of hydrogen-bond acceptors (Lipinski definition) is 2.